The average molecular weight is 356 g/mol. The van der Waals surface area contributed by atoms with Gasteiger partial charge in [-0.05, 0) is 45.4 Å². The van der Waals surface area contributed by atoms with E-state index in [2.05, 4.69) is 15.9 Å². The van der Waals surface area contributed by atoms with E-state index in [4.69, 9.17) is 9.47 Å². The van der Waals surface area contributed by atoms with Gasteiger partial charge >= 0.3 is 6.09 Å². The molecular weight excluding hydrogens is 334 g/mol. The SMILES string of the molecule is C[C@@H]1CN(C(=O)OC(C)(C)C)[C@@H](c2ccc(Br)cc2)CO1. The number of hydrogen-bond acceptors (Lipinski definition) is 3. The summed E-state index contributed by atoms with van der Waals surface area (Å²) in [5, 5.41) is 0. The number of nitrogens with zero attached hydrogens (tertiary/aromatic N) is 1. The fourth-order valence-electron chi connectivity index (χ4n) is 2.29. The first kappa shape index (κ1) is 16.3. The van der Waals surface area contributed by atoms with Crippen molar-refractivity contribution in [3.05, 3.63) is 34.3 Å². The van der Waals surface area contributed by atoms with Crippen molar-refractivity contribution >= 4 is 22.0 Å². The van der Waals surface area contributed by atoms with E-state index in [1.54, 1.807) is 4.90 Å². The van der Waals surface area contributed by atoms with Gasteiger partial charge in [0.05, 0.1) is 25.3 Å². The number of carbonyl (C=O) groups excluding carboxylic acids is 1. The Morgan fingerprint density at radius 1 is 1.33 bits per heavy atom. The minimum atomic E-state index is -0.497. The average Bonchev–Trinajstić information content (AvgIpc) is 2.38. The molecule has 1 amide bonds. The van der Waals surface area contributed by atoms with Crippen LogP contribution in [0.4, 0.5) is 4.79 Å². The Morgan fingerprint density at radius 3 is 2.52 bits per heavy atom. The van der Waals surface area contributed by atoms with Gasteiger partial charge in [-0.25, -0.2) is 4.79 Å². The first-order valence-corrected chi connectivity index (χ1v) is 7.92. The molecule has 5 heteroatoms. The first-order valence-electron chi connectivity index (χ1n) is 7.13. The number of halogens is 1. The summed E-state index contributed by atoms with van der Waals surface area (Å²) >= 11 is 3.43. The van der Waals surface area contributed by atoms with Gasteiger partial charge in [-0.15, -0.1) is 0 Å². The van der Waals surface area contributed by atoms with Crippen LogP contribution in [0, 0.1) is 0 Å². The number of carbonyl (C=O) groups is 1. The molecule has 0 saturated carbocycles. The number of benzene rings is 1. The van der Waals surface area contributed by atoms with Crippen molar-refractivity contribution in [2.45, 2.75) is 45.4 Å². The molecule has 21 heavy (non-hydrogen) atoms. The van der Waals surface area contributed by atoms with Crippen molar-refractivity contribution in [3.8, 4) is 0 Å². The van der Waals surface area contributed by atoms with Gasteiger partial charge in [-0.2, -0.15) is 0 Å². The maximum Gasteiger partial charge on any atom is 0.410 e. The second-order valence-electron chi connectivity index (χ2n) is 6.34. The first-order chi connectivity index (χ1) is 9.76. The zero-order valence-electron chi connectivity index (χ0n) is 12.9. The molecule has 1 aliphatic heterocycles. The summed E-state index contributed by atoms with van der Waals surface area (Å²) in [4.78, 5) is 14.2. The topological polar surface area (TPSA) is 38.8 Å². The van der Waals surface area contributed by atoms with Crippen LogP contribution in [0.2, 0.25) is 0 Å². The Bertz CT molecular complexity index is 495. The largest absolute Gasteiger partial charge is 0.444 e. The molecule has 0 spiro atoms. The van der Waals surface area contributed by atoms with Crippen LogP contribution in [-0.4, -0.2) is 35.8 Å². The second-order valence-corrected chi connectivity index (χ2v) is 7.26. The van der Waals surface area contributed by atoms with Gasteiger partial charge in [0.15, 0.2) is 0 Å². The maximum atomic E-state index is 12.4. The molecule has 1 saturated heterocycles. The van der Waals surface area contributed by atoms with E-state index in [1.807, 2.05) is 52.0 Å². The minimum absolute atomic E-state index is 0.0178. The summed E-state index contributed by atoms with van der Waals surface area (Å²) in [5.41, 5.74) is 0.555. The second kappa shape index (κ2) is 6.36. The summed E-state index contributed by atoms with van der Waals surface area (Å²) in [6.45, 7) is 8.63. The highest BCUT2D eigenvalue weighted by Crippen LogP contribution is 2.28. The molecule has 4 nitrogen and oxygen atoms in total. The lowest BCUT2D eigenvalue weighted by atomic mass is 10.0. The van der Waals surface area contributed by atoms with E-state index in [1.165, 1.54) is 0 Å². The highest BCUT2D eigenvalue weighted by atomic mass is 79.9. The number of ether oxygens (including phenoxy) is 2. The van der Waals surface area contributed by atoms with Gasteiger partial charge in [-0.3, -0.25) is 4.90 Å². The predicted molar refractivity (Wildman–Crippen MR) is 85.2 cm³/mol. The lowest BCUT2D eigenvalue weighted by molar-refractivity contribution is -0.0644. The molecule has 1 fully saturated rings. The Labute approximate surface area is 134 Å². The number of morpholine rings is 1. The number of hydrogen-bond donors (Lipinski definition) is 0. The van der Waals surface area contributed by atoms with Crippen molar-refractivity contribution in [2.75, 3.05) is 13.2 Å². The molecule has 0 bridgehead atoms. The molecule has 0 aliphatic carbocycles. The van der Waals surface area contributed by atoms with E-state index in [0.717, 1.165) is 10.0 Å². The van der Waals surface area contributed by atoms with Gasteiger partial charge in [0, 0.05) is 4.47 Å². The molecule has 0 unspecified atom stereocenters. The zero-order chi connectivity index (χ0) is 15.6. The molecule has 1 aromatic carbocycles. The normalized spacial score (nSPS) is 23.0. The molecule has 1 heterocycles. The summed E-state index contributed by atoms with van der Waals surface area (Å²) in [7, 11) is 0. The molecular formula is C16H22BrNO3. The lowest BCUT2D eigenvalue weighted by Gasteiger charge is -2.39. The maximum absolute atomic E-state index is 12.4. The predicted octanol–water partition coefficient (Wildman–Crippen LogP) is 4.15. The van der Waals surface area contributed by atoms with Crippen LogP contribution in [0.5, 0.6) is 0 Å². The third-order valence-electron chi connectivity index (χ3n) is 3.25. The van der Waals surface area contributed by atoms with Crippen LogP contribution in [0.15, 0.2) is 28.7 Å². The van der Waals surface area contributed by atoms with Crippen molar-refractivity contribution in [1.29, 1.82) is 0 Å². The van der Waals surface area contributed by atoms with Crippen LogP contribution in [-0.2, 0) is 9.47 Å². The molecule has 2 rings (SSSR count). The highest BCUT2D eigenvalue weighted by Gasteiger charge is 2.34. The third kappa shape index (κ3) is 4.45. The van der Waals surface area contributed by atoms with Gasteiger partial charge in [0.2, 0.25) is 0 Å². The van der Waals surface area contributed by atoms with Gasteiger partial charge < -0.3 is 9.47 Å². The summed E-state index contributed by atoms with van der Waals surface area (Å²) < 4.78 is 12.3. The van der Waals surface area contributed by atoms with Crippen LogP contribution < -0.4 is 0 Å². The minimum Gasteiger partial charge on any atom is -0.444 e. The van der Waals surface area contributed by atoms with Gasteiger partial charge in [0.25, 0.3) is 0 Å². The van der Waals surface area contributed by atoms with Crippen molar-refractivity contribution in [2.24, 2.45) is 0 Å². The van der Waals surface area contributed by atoms with Gasteiger partial charge in [-0.1, -0.05) is 28.1 Å². The quantitative estimate of drug-likeness (QED) is 0.759. The standard InChI is InChI=1S/C16H22BrNO3/c1-11-9-18(15(19)21-16(2,3)4)14(10-20-11)12-5-7-13(17)8-6-12/h5-8,11,14H,9-10H2,1-4H3/t11-,14-/m1/s1. The van der Waals surface area contributed by atoms with Crippen molar-refractivity contribution in [1.82, 2.24) is 4.90 Å². The third-order valence-corrected chi connectivity index (χ3v) is 3.78. The number of amides is 1. The Morgan fingerprint density at radius 2 is 1.95 bits per heavy atom. The van der Waals surface area contributed by atoms with Gasteiger partial charge in [0.1, 0.15) is 5.60 Å². The summed E-state index contributed by atoms with van der Waals surface area (Å²) in [5.74, 6) is 0. The Hall–Kier alpha value is -1.07. The van der Waals surface area contributed by atoms with Crippen LogP contribution in [0.1, 0.15) is 39.3 Å². The van der Waals surface area contributed by atoms with Crippen molar-refractivity contribution < 1.29 is 14.3 Å². The zero-order valence-corrected chi connectivity index (χ0v) is 14.5. The van der Waals surface area contributed by atoms with E-state index in [9.17, 15) is 4.79 Å². The van der Waals surface area contributed by atoms with E-state index in [0.29, 0.717) is 13.2 Å². The lowest BCUT2D eigenvalue weighted by Crippen LogP contribution is -2.48. The van der Waals surface area contributed by atoms with Crippen LogP contribution >= 0.6 is 15.9 Å². The fourth-order valence-corrected chi connectivity index (χ4v) is 2.55. The summed E-state index contributed by atoms with van der Waals surface area (Å²) in [6.07, 6.45) is -0.269. The molecule has 1 aliphatic rings. The molecule has 2 atom stereocenters. The molecule has 0 aromatic heterocycles. The highest BCUT2D eigenvalue weighted by molar-refractivity contribution is 9.10. The number of rotatable bonds is 1. The Balaban J connectivity index is 2.21. The molecule has 1 aromatic rings. The van der Waals surface area contributed by atoms with E-state index < -0.39 is 5.60 Å². The van der Waals surface area contributed by atoms with Crippen LogP contribution in [0.25, 0.3) is 0 Å². The van der Waals surface area contributed by atoms with Crippen molar-refractivity contribution in [3.63, 3.8) is 0 Å². The van der Waals surface area contributed by atoms with Crippen LogP contribution in [0.3, 0.4) is 0 Å². The van der Waals surface area contributed by atoms with E-state index in [-0.39, 0.29) is 18.2 Å². The molecule has 0 N–H and O–H groups in total. The molecule has 116 valence electrons. The fraction of sp³-hybridized carbons (Fsp3) is 0.562. The van der Waals surface area contributed by atoms with E-state index >= 15 is 0 Å². The Kier molecular flexibility index (Phi) is 4.94. The monoisotopic (exact) mass is 355 g/mol. The summed E-state index contributed by atoms with van der Waals surface area (Å²) in [6, 6.07) is 7.85. The smallest absolute Gasteiger partial charge is 0.410 e. The molecule has 0 radical (unpaired) electrons.